The van der Waals surface area contributed by atoms with E-state index in [4.69, 9.17) is 5.73 Å². The van der Waals surface area contributed by atoms with Crippen molar-refractivity contribution >= 4 is 11.8 Å². The number of thioether (sulfide) groups is 1. The molecule has 2 heteroatoms. The van der Waals surface area contributed by atoms with E-state index in [1.165, 1.54) is 44.3 Å². The molecular weight excluding hydrogens is 178 g/mol. The van der Waals surface area contributed by atoms with Crippen LogP contribution in [0.15, 0.2) is 0 Å². The first-order valence-corrected chi connectivity index (χ1v) is 6.78. The molecule has 76 valence electrons. The quantitative estimate of drug-likeness (QED) is 0.756. The zero-order valence-electron chi connectivity index (χ0n) is 8.37. The maximum absolute atomic E-state index is 5.90. The molecule has 0 spiro atoms. The van der Waals surface area contributed by atoms with Crippen molar-refractivity contribution in [2.24, 2.45) is 17.6 Å². The van der Waals surface area contributed by atoms with E-state index in [1.54, 1.807) is 0 Å². The lowest BCUT2D eigenvalue weighted by atomic mass is 9.73. The van der Waals surface area contributed by atoms with Crippen molar-refractivity contribution in [1.82, 2.24) is 0 Å². The number of hydrogen-bond donors (Lipinski definition) is 1. The van der Waals surface area contributed by atoms with Crippen molar-refractivity contribution in [3.05, 3.63) is 0 Å². The number of nitrogens with two attached hydrogens (primary N) is 1. The van der Waals surface area contributed by atoms with Gasteiger partial charge in [0.25, 0.3) is 0 Å². The third kappa shape index (κ3) is 2.21. The van der Waals surface area contributed by atoms with Crippen LogP contribution in [0.1, 0.15) is 38.5 Å². The van der Waals surface area contributed by atoms with E-state index in [0.717, 1.165) is 23.6 Å². The smallest absolute Gasteiger partial charge is 0.00900 e. The van der Waals surface area contributed by atoms with Crippen molar-refractivity contribution in [2.45, 2.75) is 43.8 Å². The van der Waals surface area contributed by atoms with Crippen molar-refractivity contribution in [1.29, 1.82) is 0 Å². The van der Waals surface area contributed by atoms with Crippen molar-refractivity contribution < 1.29 is 0 Å². The Morgan fingerprint density at radius 1 is 1.15 bits per heavy atom. The largest absolute Gasteiger partial charge is 0.330 e. The Labute approximate surface area is 85.8 Å². The van der Waals surface area contributed by atoms with Gasteiger partial charge in [0.05, 0.1) is 0 Å². The molecule has 2 N–H and O–H groups in total. The second-order valence-corrected chi connectivity index (χ2v) is 5.84. The minimum atomic E-state index is 0.846. The Bertz CT molecular complexity index is 150. The van der Waals surface area contributed by atoms with Crippen molar-refractivity contribution in [3.8, 4) is 0 Å². The van der Waals surface area contributed by atoms with E-state index in [9.17, 15) is 0 Å². The van der Waals surface area contributed by atoms with Crippen LogP contribution in [0.5, 0.6) is 0 Å². The second kappa shape index (κ2) is 4.70. The van der Waals surface area contributed by atoms with Gasteiger partial charge in [-0.1, -0.05) is 25.7 Å². The zero-order valence-corrected chi connectivity index (χ0v) is 9.19. The van der Waals surface area contributed by atoms with Gasteiger partial charge in [0.2, 0.25) is 0 Å². The first-order valence-electron chi connectivity index (χ1n) is 5.73. The SMILES string of the molecule is NCC(C1CCC1)C1CCCCS1. The summed E-state index contributed by atoms with van der Waals surface area (Å²) in [5.74, 6) is 3.22. The molecule has 0 aromatic rings. The zero-order chi connectivity index (χ0) is 9.10. The second-order valence-electron chi connectivity index (χ2n) is 4.50. The Morgan fingerprint density at radius 3 is 2.46 bits per heavy atom. The minimum Gasteiger partial charge on any atom is -0.330 e. The van der Waals surface area contributed by atoms with Gasteiger partial charge >= 0.3 is 0 Å². The fourth-order valence-corrected chi connectivity index (χ4v) is 4.21. The summed E-state index contributed by atoms with van der Waals surface area (Å²) in [6, 6.07) is 0. The summed E-state index contributed by atoms with van der Waals surface area (Å²) in [5, 5.41) is 0.907. The van der Waals surface area contributed by atoms with Crippen LogP contribution >= 0.6 is 11.8 Å². The Balaban J connectivity index is 1.86. The molecule has 2 aliphatic rings. The van der Waals surface area contributed by atoms with Crippen LogP contribution in [0.3, 0.4) is 0 Å². The fourth-order valence-electron chi connectivity index (χ4n) is 2.62. The van der Waals surface area contributed by atoms with Crippen LogP contribution in [0.4, 0.5) is 0 Å². The summed E-state index contributed by atoms with van der Waals surface area (Å²) in [7, 11) is 0. The average molecular weight is 199 g/mol. The summed E-state index contributed by atoms with van der Waals surface area (Å²) < 4.78 is 0. The highest BCUT2D eigenvalue weighted by Gasteiger charge is 2.33. The maximum atomic E-state index is 5.90. The average Bonchev–Trinajstić information content (AvgIpc) is 2.12. The lowest BCUT2D eigenvalue weighted by Crippen LogP contribution is -2.37. The topological polar surface area (TPSA) is 26.0 Å². The predicted molar refractivity (Wildman–Crippen MR) is 60.0 cm³/mol. The van der Waals surface area contributed by atoms with E-state index in [2.05, 4.69) is 11.8 Å². The molecule has 2 fully saturated rings. The van der Waals surface area contributed by atoms with Crippen molar-refractivity contribution in [2.75, 3.05) is 12.3 Å². The highest BCUT2D eigenvalue weighted by atomic mass is 32.2. The van der Waals surface area contributed by atoms with Crippen LogP contribution in [0.2, 0.25) is 0 Å². The summed E-state index contributed by atoms with van der Waals surface area (Å²) in [6.07, 6.45) is 8.68. The molecule has 1 aliphatic heterocycles. The number of hydrogen-bond acceptors (Lipinski definition) is 2. The first-order chi connectivity index (χ1) is 6.42. The van der Waals surface area contributed by atoms with E-state index in [1.807, 2.05) is 0 Å². The van der Waals surface area contributed by atoms with Gasteiger partial charge in [-0.3, -0.25) is 0 Å². The molecule has 1 saturated carbocycles. The van der Waals surface area contributed by atoms with Gasteiger partial charge in [0.15, 0.2) is 0 Å². The Kier molecular flexibility index (Phi) is 3.56. The Morgan fingerprint density at radius 2 is 2.00 bits per heavy atom. The van der Waals surface area contributed by atoms with E-state index >= 15 is 0 Å². The molecule has 1 heterocycles. The van der Waals surface area contributed by atoms with Crippen LogP contribution in [-0.2, 0) is 0 Å². The van der Waals surface area contributed by atoms with Gasteiger partial charge in [-0.15, -0.1) is 0 Å². The molecule has 0 bridgehead atoms. The third-order valence-corrected chi connectivity index (χ3v) is 5.26. The minimum absolute atomic E-state index is 0.846. The number of rotatable bonds is 3. The summed E-state index contributed by atoms with van der Waals surface area (Å²) in [6.45, 7) is 0.933. The lowest BCUT2D eigenvalue weighted by molar-refractivity contribution is 0.201. The molecule has 0 aromatic heterocycles. The summed E-state index contributed by atoms with van der Waals surface area (Å²) in [4.78, 5) is 0. The Hall–Kier alpha value is 0.310. The van der Waals surface area contributed by atoms with E-state index < -0.39 is 0 Å². The monoisotopic (exact) mass is 199 g/mol. The third-order valence-electron chi connectivity index (χ3n) is 3.72. The molecule has 0 radical (unpaired) electrons. The van der Waals surface area contributed by atoms with Crippen molar-refractivity contribution in [3.63, 3.8) is 0 Å². The molecule has 1 nitrogen and oxygen atoms in total. The van der Waals surface area contributed by atoms with Gasteiger partial charge in [0.1, 0.15) is 0 Å². The van der Waals surface area contributed by atoms with E-state index in [-0.39, 0.29) is 0 Å². The normalized spacial score (nSPS) is 32.5. The molecule has 2 unspecified atom stereocenters. The van der Waals surface area contributed by atoms with Crippen LogP contribution in [0, 0.1) is 11.8 Å². The van der Waals surface area contributed by atoms with Crippen LogP contribution < -0.4 is 5.73 Å². The fraction of sp³-hybridized carbons (Fsp3) is 1.00. The van der Waals surface area contributed by atoms with Gasteiger partial charge in [0, 0.05) is 5.25 Å². The molecule has 2 atom stereocenters. The molecule has 13 heavy (non-hydrogen) atoms. The predicted octanol–water partition coefficient (Wildman–Crippen LogP) is 2.65. The lowest BCUT2D eigenvalue weighted by Gasteiger charge is -2.39. The summed E-state index contributed by atoms with van der Waals surface area (Å²) in [5.41, 5.74) is 5.90. The first kappa shape index (κ1) is 9.85. The highest BCUT2D eigenvalue weighted by molar-refractivity contribution is 7.99. The molecule has 1 aliphatic carbocycles. The highest BCUT2D eigenvalue weighted by Crippen LogP contribution is 2.41. The molecule has 1 saturated heterocycles. The van der Waals surface area contributed by atoms with Gasteiger partial charge in [-0.05, 0) is 37.0 Å². The van der Waals surface area contributed by atoms with E-state index in [0.29, 0.717) is 0 Å². The standard InChI is InChI=1S/C11H21NS/c12-8-10(9-4-3-5-9)11-6-1-2-7-13-11/h9-11H,1-8,12H2. The maximum Gasteiger partial charge on any atom is 0.00900 e. The summed E-state index contributed by atoms with van der Waals surface area (Å²) >= 11 is 2.19. The van der Waals surface area contributed by atoms with Gasteiger partial charge in [-0.2, -0.15) is 11.8 Å². The van der Waals surface area contributed by atoms with Gasteiger partial charge < -0.3 is 5.73 Å². The van der Waals surface area contributed by atoms with Crippen LogP contribution in [-0.4, -0.2) is 17.5 Å². The molecule has 2 rings (SSSR count). The van der Waals surface area contributed by atoms with Gasteiger partial charge in [-0.25, -0.2) is 0 Å². The molecule has 0 aromatic carbocycles. The van der Waals surface area contributed by atoms with Crippen LogP contribution in [0.25, 0.3) is 0 Å². The molecule has 0 amide bonds. The molecular formula is C11H21NS.